The second-order valence-electron chi connectivity index (χ2n) is 7.14. The normalized spacial score (nSPS) is 14.7. The van der Waals surface area contributed by atoms with Gasteiger partial charge in [0.25, 0.3) is 0 Å². The molecule has 6 heteroatoms. The molecule has 0 aliphatic carbocycles. The molecule has 2 aromatic carbocycles. The lowest BCUT2D eigenvalue weighted by Crippen LogP contribution is -2.49. The molecular formula is C23H27N3O3. The third-order valence-corrected chi connectivity index (χ3v) is 5.03. The van der Waals surface area contributed by atoms with Gasteiger partial charge in [0.05, 0.1) is 31.6 Å². The average molecular weight is 393 g/mol. The molecule has 1 aromatic heterocycles. The number of rotatable bonds is 10. The summed E-state index contributed by atoms with van der Waals surface area (Å²) < 4.78 is 18.4. The van der Waals surface area contributed by atoms with Gasteiger partial charge < -0.3 is 14.2 Å². The highest BCUT2D eigenvalue weighted by molar-refractivity contribution is 5.59. The Morgan fingerprint density at radius 2 is 1.66 bits per heavy atom. The van der Waals surface area contributed by atoms with Gasteiger partial charge in [0.15, 0.2) is 0 Å². The molecule has 3 aromatic rings. The molecule has 2 heterocycles. The summed E-state index contributed by atoms with van der Waals surface area (Å²) in [6.07, 6.45) is 2.07. The minimum atomic E-state index is 0.434. The molecule has 0 spiro atoms. The number of methoxy groups -OCH3 is 1. The lowest BCUT2D eigenvalue weighted by molar-refractivity contribution is 0.0292. The zero-order valence-corrected chi connectivity index (χ0v) is 16.7. The standard InChI is InChI=1S/C23H27N3O3/c1-27-15-16-28-14-13-25-17-20(18-25)26-12-11-23(24-26)19-7-9-22(10-8-19)29-21-5-3-2-4-6-21/h2-12,20H,13-18H2,1H3. The molecule has 152 valence electrons. The fourth-order valence-electron chi connectivity index (χ4n) is 3.34. The number of aromatic nitrogens is 2. The van der Waals surface area contributed by atoms with Crippen LogP contribution in [0.5, 0.6) is 11.5 Å². The maximum absolute atomic E-state index is 5.86. The molecule has 6 nitrogen and oxygen atoms in total. The van der Waals surface area contributed by atoms with Crippen LogP contribution >= 0.6 is 0 Å². The van der Waals surface area contributed by atoms with Crippen LogP contribution in [0.25, 0.3) is 11.3 Å². The van der Waals surface area contributed by atoms with E-state index >= 15 is 0 Å². The van der Waals surface area contributed by atoms with Gasteiger partial charge >= 0.3 is 0 Å². The minimum Gasteiger partial charge on any atom is -0.457 e. The van der Waals surface area contributed by atoms with Crippen LogP contribution in [0.2, 0.25) is 0 Å². The van der Waals surface area contributed by atoms with E-state index in [-0.39, 0.29) is 0 Å². The number of hydrogen-bond acceptors (Lipinski definition) is 5. The highest BCUT2D eigenvalue weighted by atomic mass is 16.5. The van der Waals surface area contributed by atoms with Gasteiger partial charge in [-0.15, -0.1) is 0 Å². The number of likely N-dealkylation sites (tertiary alicyclic amines) is 1. The summed E-state index contributed by atoms with van der Waals surface area (Å²) in [5.74, 6) is 1.66. The maximum Gasteiger partial charge on any atom is 0.127 e. The van der Waals surface area contributed by atoms with Crippen molar-refractivity contribution < 1.29 is 14.2 Å². The first-order chi connectivity index (χ1) is 14.3. The van der Waals surface area contributed by atoms with E-state index in [1.54, 1.807) is 7.11 Å². The summed E-state index contributed by atoms with van der Waals surface area (Å²) >= 11 is 0. The van der Waals surface area contributed by atoms with Crippen molar-refractivity contribution in [3.63, 3.8) is 0 Å². The van der Waals surface area contributed by atoms with E-state index < -0.39 is 0 Å². The lowest BCUT2D eigenvalue weighted by atomic mass is 10.1. The van der Waals surface area contributed by atoms with Gasteiger partial charge in [0.2, 0.25) is 0 Å². The van der Waals surface area contributed by atoms with E-state index in [0.717, 1.165) is 49.0 Å². The topological polar surface area (TPSA) is 48.8 Å². The van der Waals surface area contributed by atoms with Gasteiger partial charge in [-0.25, -0.2) is 0 Å². The Hall–Kier alpha value is -2.67. The number of ether oxygens (including phenoxy) is 3. The second-order valence-corrected chi connectivity index (χ2v) is 7.14. The van der Waals surface area contributed by atoms with E-state index in [4.69, 9.17) is 19.3 Å². The lowest BCUT2D eigenvalue weighted by Gasteiger charge is -2.39. The smallest absolute Gasteiger partial charge is 0.127 e. The van der Waals surface area contributed by atoms with Crippen molar-refractivity contribution in [1.82, 2.24) is 14.7 Å². The Bertz CT molecular complexity index is 874. The van der Waals surface area contributed by atoms with Gasteiger partial charge in [0, 0.05) is 38.5 Å². The Balaban J connectivity index is 1.26. The van der Waals surface area contributed by atoms with Crippen LogP contribution in [0.15, 0.2) is 66.9 Å². The summed E-state index contributed by atoms with van der Waals surface area (Å²) in [7, 11) is 1.69. The summed E-state index contributed by atoms with van der Waals surface area (Å²) in [5, 5.41) is 4.77. The van der Waals surface area contributed by atoms with Crippen LogP contribution in [0.1, 0.15) is 6.04 Å². The molecule has 1 aliphatic heterocycles. The fourth-order valence-corrected chi connectivity index (χ4v) is 3.34. The van der Waals surface area contributed by atoms with Crippen molar-refractivity contribution in [3.05, 3.63) is 66.9 Å². The van der Waals surface area contributed by atoms with Crippen LogP contribution in [0.4, 0.5) is 0 Å². The quantitative estimate of drug-likeness (QED) is 0.490. The molecule has 0 N–H and O–H groups in total. The van der Waals surface area contributed by atoms with Crippen LogP contribution in [0.3, 0.4) is 0 Å². The van der Waals surface area contributed by atoms with Gasteiger partial charge in [-0.05, 0) is 42.5 Å². The van der Waals surface area contributed by atoms with E-state index in [9.17, 15) is 0 Å². The number of benzene rings is 2. The van der Waals surface area contributed by atoms with E-state index in [2.05, 4.69) is 34.0 Å². The maximum atomic E-state index is 5.86. The largest absolute Gasteiger partial charge is 0.457 e. The first-order valence-electron chi connectivity index (χ1n) is 9.99. The predicted octanol–water partition coefficient (Wildman–Crippen LogP) is 3.86. The number of hydrogen-bond donors (Lipinski definition) is 0. The van der Waals surface area contributed by atoms with Crippen molar-refractivity contribution in [2.45, 2.75) is 6.04 Å². The summed E-state index contributed by atoms with van der Waals surface area (Å²) in [4.78, 5) is 2.38. The third-order valence-electron chi connectivity index (χ3n) is 5.03. The van der Waals surface area contributed by atoms with E-state index in [0.29, 0.717) is 19.3 Å². The molecule has 0 unspecified atom stereocenters. The molecule has 4 rings (SSSR count). The Kier molecular flexibility index (Phi) is 6.56. The predicted molar refractivity (Wildman–Crippen MR) is 112 cm³/mol. The van der Waals surface area contributed by atoms with Crippen LogP contribution < -0.4 is 4.74 Å². The zero-order chi connectivity index (χ0) is 19.9. The fraction of sp³-hybridized carbons (Fsp3) is 0.348. The van der Waals surface area contributed by atoms with Crippen molar-refractivity contribution in [2.75, 3.05) is 46.6 Å². The highest BCUT2D eigenvalue weighted by Gasteiger charge is 2.28. The molecule has 0 amide bonds. The monoisotopic (exact) mass is 393 g/mol. The Labute approximate surface area is 171 Å². The molecule has 0 bridgehead atoms. The van der Waals surface area contributed by atoms with Gasteiger partial charge in [0.1, 0.15) is 11.5 Å². The van der Waals surface area contributed by atoms with Crippen LogP contribution in [0, 0.1) is 0 Å². The number of para-hydroxylation sites is 1. The molecule has 1 aliphatic rings. The SMILES string of the molecule is COCCOCCN1CC(n2ccc(-c3ccc(Oc4ccccc4)cc3)n2)C1. The van der Waals surface area contributed by atoms with Gasteiger partial charge in [-0.3, -0.25) is 9.58 Å². The van der Waals surface area contributed by atoms with Gasteiger partial charge in [-0.2, -0.15) is 5.10 Å². The second kappa shape index (κ2) is 9.69. The molecular weight excluding hydrogens is 366 g/mol. The molecule has 0 saturated carbocycles. The minimum absolute atomic E-state index is 0.434. The molecule has 1 saturated heterocycles. The van der Waals surface area contributed by atoms with Gasteiger partial charge in [-0.1, -0.05) is 18.2 Å². The van der Waals surface area contributed by atoms with E-state index in [1.165, 1.54) is 0 Å². The Morgan fingerprint density at radius 1 is 0.897 bits per heavy atom. The first kappa shape index (κ1) is 19.6. The van der Waals surface area contributed by atoms with Crippen molar-refractivity contribution in [3.8, 4) is 22.8 Å². The number of nitrogens with zero attached hydrogens (tertiary/aromatic N) is 3. The zero-order valence-electron chi connectivity index (χ0n) is 16.7. The Morgan fingerprint density at radius 3 is 2.41 bits per heavy atom. The molecule has 29 heavy (non-hydrogen) atoms. The van der Waals surface area contributed by atoms with Crippen molar-refractivity contribution in [1.29, 1.82) is 0 Å². The summed E-state index contributed by atoms with van der Waals surface area (Å²) in [5.41, 5.74) is 2.07. The van der Waals surface area contributed by atoms with Crippen LogP contribution in [-0.4, -0.2) is 61.2 Å². The first-order valence-corrected chi connectivity index (χ1v) is 9.99. The average Bonchev–Trinajstić information content (AvgIpc) is 3.20. The van der Waals surface area contributed by atoms with Crippen molar-refractivity contribution in [2.24, 2.45) is 0 Å². The van der Waals surface area contributed by atoms with E-state index in [1.807, 2.05) is 42.5 Å². The highest BCUT2D eigenvalue weighted by Crippen LogP contribution is 2.26. The molecule has 0 atom stereocenters. The van der Waals surface area contributed by atoms with Crippen molar-refractivity contribution >= 4 is 0 Å². The summed E-state index contributed by atoms with van der Waals surface area (Å²) in [6.45, 7) is 5.04. The van der Waals surface area contributed by atoms with Crippen LogP contribution in [-0.2, 0) is 9.47 Å². The third kappa shape index (κ3) is 5.23. The summed E-state index contributed by atoms with van der Waals surface area (Å²) in [6, 6.07) is 20.4. The molecule has 0 radical (unpaired) electrons. The molecule has 1 fully saturated rings.